The van der Waals surface area contributed by atoms with Crippen LogP contribution in [0.15, 0.2) is 0 Å². The number of ether oxygens (including phenoxy) is 4. The molecule has 1 aliphatic heterocycles. The molecule has 0 bridgehead atoms. The zero-order chi connectivity index (χ0) is 14.6. The second-order valence-electron chi connectivity index (χ2n) is 4.09. The molecule has 1 rings (SSSR count). The highest BCUT2D eigenvalue weighted by Crippen LogP contribution is 2.25. The number of hydrogen-bond donors (Lipinski definition) is 0. The van der Waals surface area contributed by atoms with Gasteiger partial charge in [0.05, 0.1) is 6.00 Å². The SMILES string of the molecule is [B][C@H]1O[C@H](COC(C)=O)[C@@H](OC(C)=O)[C@H]1OC(C)=O. The van der Waals surface area contributed by atoms with Crippen LogP contribution in [0.2, 0.25) is 0 Å². The summed E-state index contributed by atoms with van der Waals surface area (Å²) in [5.74, 6) is -1.66. The van der Waals surface area contributed by atoms with E-state index in [9.17, 15) is 14.4 Å². The molecule has 4 atom stereocenters. The largest absolute Gasteiger partial charge is 0.463 e. The molecule has 1 saturated heterocycles. The van der Waals surface area contributed by atoms with Gasteiger partial charge in [-0.05, 0) is 0 Å². The zero-order valence-electron chi connectivity index (χ0n) is 11.0. The smallest absolute Gasteiger partial charge is 0.303 e. The van der Waals surface area contributed by atoms with Gasteiger partial charge < -0.3 is 18.9 Å². The van der Waals surface area contributed by atoms with E-state index in [0.29, 0.717) is 0 Å². The fourth-order valence-electron chi connectivity index (χ4n) is 1.75. The standard InChI is InChI=1S/C11H15BO7/c1-5(13)16-4-8-9(17-6(2)14)10(11(12)19-8)18-7(3)15/h8-11H,4H2,1-3H3/t8-,9-,10-,11+/m1/s1. The number of carbonyl (C=O) groups excluding carboxylic acids is 3. The molecule has 0 saturated carbocycles. The number of hydrogen-bond acceptors (Lipinski definition) is 7. The van der Waals surface area contributed by atoms with E-state index >= 15 is 0 Å². The average molecular weight is 270 g/mol. The normalized spacial score (nSPS) is 29.6. The van der Waals surface area contributed by atoms with Gasteiger partial charge in [0, 0.05) is 20.8 Å². The van der Waals surface area contributed by atoms with Crippen molar-refractivity contribution in [3.63, 3.8) is 0 Å². The van der Waals surface area contributed by atoms with Gasteiger partial charge in [-0.3, -0.25) is 14.4 Å². The van der Waals surface area contributed by atoms with Gasteiger partial charge in [-0.1, -0.05) is 0 Å². The van der Waals surface area contributed by atoms with Crippen molar-refractivity contribution in [3.05, 3.63) is 0 Å². The first-order valence-electron chi connectivity index (χ1n) is 5.70. The first kappa shape index (κ1) is 15.5. The molecule has 0 spiro atoms. The van der Waals surface area contributed by atoms with Gasteiger partial charge in [-0.2, -0.15) is 0 Å². The van der Waals surface area contributed by atoms with Gasteiger partial charge in [0.2, 0.25) is 0 Å². The summed E-state index contributed by atoms with van der Waals surface area (Å²) in [7, 11) is 5.66. The maximum atomic E-state index is 11.1. The van der Waals surface area contributed by atoms with E-state index in [1.165, 1.54) is 20.8 Å². The quantitative estimate of drug-likeness (QED) is 0.379. The lowest BCUT2D eigenvalue weighted by Crippen LogP contribution is -2.41. The Balaban J connectivity index is 2.76. The Morgan fingerprint density at radius 1 is 1.00 bits per heavy atom. The third-order valence-corrected chi connectivity index (χ3v) is 2.40. The molecule has 104 valence electrons. The molecule has 0 N–H and O–H groups in total. The molecule has 0 aliphatic carbocycles. The van der Waals surface area contributed by atoms with Crippen molar-refractivity contribution in [1.82, 2.24) is 0 Å². The van der Waals surface area contributed by atoms with Crippen LogP contribution in [0, 0.1) is 0 Å². The minimum atomic E-state index is -0.950. The summed E-state index contributed by atoms with van der Waals surface area (Å²) in [6, 6.07) is -0.950. The molecule has 1 fully saturated rings. The second kappa shape index (κ2) is 6.56. The van der Waals surface area contributed by atoms with Crippen LogP contribution in [-0.2, 0) is 33.3 Å². The second-order valence-corrected chi connectivity index (χ2v) is 4.09. The Bertz CT molecular complexity index is 370. The lowest BCUT2D eigenvalue weighted by Gasteiger charge is -2.22. The Morgan fingerprint density at radius 3 is 2.00 bits per heavy atom. The lowest BCUT2D eigenvalue weighted by atomic mass is 9.92. The minimum Gasteiger partial charge on any atom is -0.463 e. The summed E-state index contributed by atoms with van der Waals surface area (Å²) < 4.78 is 20.1. The molecular weight excluding hydrogens is 255 g/mol. The van der Waals surface area contributed by atoms with Crippen LogP contribution in [0.4, 0.5) is 0 Å². The third kappa shape index (κ3) is 4.55. The van der Waals surface area contributed by atoms with Gasteiger partial charge in [-0.15, -0.1) is 0 Å². The fourth-order valence-corrected chi connectivity index (χ4v) is 1.75. The van der Waals surface area contributed by atoms with Gasteiger partial charge in [-0.25, -0.2) is 0 Å². The summed E-state index contributed by atoms with van der Waals surface area (Å²) in [4.78, 5) is 32.8. The Hall–Kier alpha value is -1.57. The maximum absolute atomic E-state index is 11.1. The molecule has 19 heavy (non-hydrogen) atoms. The van der Waals surface area contributed by atoms with E-state index in [1.54, 1.807) is 0 Å². The van der Waals surface area contributed by atoms with E-state index in [4.69, 9.17) is 26.8 Å². The molecule has 0 amide bonds. The predicted molar refractivity (Wildman–Crippen MR) is 62.2 cm³/mol. The molecule has 1 aliphatic rings. The highest BCUT2D eigenvalue weighted by molar-refractivity contribution is 6.11. The highest BCUT2D eigenvalue weighted by atomic mass is 16.6. The van der Waals surface area contributed by atoms with Crippen molar-refractivity contribution >= 4 is 25.8 Å². The van der Waals surface area contributed by atoms with Crippen LogP contribution in [0.25, 0.3) is 0 Å². The van der Waals surface area contributed by atoms with E-state index in [1.807, 2.05) is 0 Å². The number of esters is 3. The zero-order valence-corrected chi connectivity index (χ0v) is 11.0. The summed E-state index contributed by atoms with van der Waals surface area (Å²) in [5.41, 5.74) is 0. The molecule has 1 heterocycles. The Labute approximate surface area is 111 Å². The molecule has 7 nitrogen and oxygen atoms in total. The van der Waals surface area contributed by atoms with Crippen molar-refractivity contribution < 1.29 is 33.3 Å². The van der Waals surface area contributed by atoms with Gasteiger partial charge in [0.1, 0.15) is 20.6 Å². The van der Waals surface area contributed by atoms with Gasteiger partial charge in [0.25, 0.3) is 0 Å². The van der Waals surface area contributed by atoms with E-state index in [2.05, 4.69) is 0 Å². The highest BCUT2D eigenvalue weighted by Gasteiger charge is 2.46. The van der Waals surface area contributed by atoms with E-state index in [0.717, 1.165) is 0 Å². The van der Waals surface area contributed by atoms with Crippen molar-refractivity contribution in [1.29, 1.82) is 0 Å². The first-order valence-corrected chi connectivity index (χ1v) is 5.70. The van der Waals surface area contributed by atoms with Crippen molar-refractivity contribution in [2.24, 2.45) is 0 Å². The van der Waals surface area contributed by atoms with E-state index in [-0.39, 0.29) is 6.61 Å². The van der Waals surface area contributed by atoms with Crippen LogP contribution in [-0.4, -0.2) is 56.7 Å². The fraction of sp³-hybridized carbons (Fsp3) is 0.727. The van der Waals surface area contributed by atoms with Crippen molar-refractivity contribution in [3.8, 4) is 0 Å². The predicted octanol–water partition coefficient (Wildman–Crippen LogP) is -0.694. The number of carbonyl (C=O) groups is 3. The molecule has 0 aromatic heterocycles. The third-order valence-electron chi connectivity index (χ3n) is 2.40. The monoisotopic (exact) mass is 270 g/mol. The molecular formula is C11H15BO7. The molecule has 0 aromatic rings. The maximum Gasteiger partial charge on any atom is 0.303 e. The van der Waals surface area contributed by atoms with Crippen LogP contribution >= 0.6 is 0 Å². The van der Waals surface area contributed by atoms with Gasteiger partial charge in [0.15, 0.2) is 12.2 Å². The van der Waals surface area contributed by atoms with Gasteiger partial charge >= 0.3 is 17.9 Å². The van der Waals surface area contributed by atoms with Crippen LogP contribution in [0.3, 0.4) is 0 Å². The summed E-state index contributed by atoms with van der Waals surface area (Å²) in [6.45, 7) is 3.51. The Kier molecular flexibility index (Phi) is 5.35. The van der Waals surface area contributed by atoms with Crippen LogP contribution in [0.5, 0.6) is 0 Å². The van der Waals surface area contributed by atoms with Crippen molar-refractivity contribution in [2.45, 2.75) is 45.1 Å². The first-order chi connectivity index (χ1) is 8.81. The minimum absolute atomic E-state index is 0.140. The summed E-state index contributed by atoms with van der Waals surface area (Å²) in [5, 5.41) is 0. The summed E-state index contributed by atoms with van der Waals surface area (Å²) >= 11 is 0. The summed E-state index contributed by atoms with van der Waals surface area (Å²) in [6.07, 6.45) is -2.61. The van der Waals surface area contributed by atoms with Crippen molar-refractivity contribution in [2.75, 3.05) is 6.61 Å². The van der Waals surface area contributed by atoms with E-state index < -0.39 is 42.2 Å². The molecule has 0 unspecified atom stereocenters. The molecule has 8 heteroatoms. The van der Waals surface area contributed by atoms with Crippen LogP contribution < -0.4 is 0 Å². The Morgan fingerprint density at radius 2 is 1.53 bits per heavy atom. The average Bonchev–Trinajstić information content (AvgIpc) is 2.53. The molecule has 0 aromatic carbocycles. The molecule has 2 radical (unpaired) electrons. The number of rotatable bonds is 4. The lowest BCUT2D eigenvalue weighted by molar-refractivity contribution is -0.165. The topological polar surface area (TPSA) is 88.1 Å². The van der Waals surface area contributed by atoms with Crippen LogP contribution in [0.1, 0.15) is 20.8 Å².